The molecule has 0 aromatic heterocycles. The van der Waals surface area contributed by atoms with E-state index in [1.165, 1.54) is 0 Å². The van der Waals surface area contributed by atoms with Gasteiger partial charge < -0.3 is 5.32 Å². The van der Waals surface area contributed by atoms with E-state index in [4.69, 9.17) is 0 Å². The van der Waals surface area contributed by atoms with Crippen molar-refractivity contribution in [1.29, 1.82) is 0 Å². The molecule has 0 spiro atoms. The van der Waals surface area contributed by atoms with Gasteiger partial charge in [0.15, 0.2) is 0 Å². The molecule has 90 valence electrons. The Balaban J connectivity index is 2.23. The van der Waals surface area contributed by atoms with E-state index < -0.39 is 10.0 Å². The molecule has 0 fully saturated rings. The minimum atomic E-state index is -3.45. The second-order valence-electron chi connectivity index (χ2n) is 3.75. The Morgan fingerprint density at radius 3 is 3.06 bits per heavy atom. The Hall–Kier alpha value is -1.51. The number of nitrogens with one attached hydrogen (secondary N) is 2. The third kappa shape index (κ3) is 2.60. The number of fused-ring (bicyclic) bond motifs is 1. The molecule has 0 saturated carbocycles. The molecular formula is C12H14N2O2S. The maximum absolute atomic E-state index is 11.9. The summed E-state index contributed by atoms with van der Waals surface area (Å²) in [6.07, 6.45) is 0.949. The second-order valence-corrected chi connectivity index (χ2v) is 5.51. The van der Waals surface area contributed by atoms with E-state index in [0.717, 1.165) is 24.2 Å². The van der Waals surface area contributed by atoms with Crippen LogP contribution in [0.2, 0.25) is 0 Å². The third-order valence-electron chi connectivity index (χ3n) is 2.63. The largest absolute Gasteiger partial charge is 0.384 e. The Morgan fingerprint density at radius 2 is 2.29 bits per heavy atom. The first-order valence-corrected chi connectivity index (χ1v) is 6.88. The standard InChI is InChI=1S/C12H14N2O2S/c1-2-3-7-14-17(15,16)11-5-4-10-6-8-13-12(10)9-11/h4-5,9,13-14H,6-8H2,1H3. The fourth-order valence-corrected chi connectivity index (χ4v) is 2.69. The van der Waals surface area contributed by atoms with Gasteiger partial charge in [-0.1, -0.05) is 12.0 Å². The molecule has 0 amide bonds. The van der Waals surface area contributed by atoms with Crippen LogP contribution in [0.3, 0.4) is 0 Å². The van der Waals surface area contributed by atoms with Crippen molar-refractivity contribution in [2.24, 2.45) is 0 Å². The van der Waals surface area contributed by atoms with Crippen LogP contribution in [0.25, 0.3) is 0 Å². The molecule has 0 atom stereocenters. The highest BCUT2D eigenvalue weighted by Gasteiger charge is 2.17. The molecule has 1 aromatic carbocycles. The van der Waals surface area contributed by atoms with Gasteiger partial charge in [-0.25, -0.2) is 8.42 Å². The minimum Gasteiger partial charge on any atom is -0.384 e. The lowest BCUT2D eigenvalue weighted by Gasteiger charge is -2.06. The summed E-state index contributed by atoms with van der Waals surface area (Å²) in [5, 5.41) is 3.16. The van der Waals surface area contributed by atoms with Crippen molar-refractivity contribution in [2.75, 3.05) is 18.4 Å². The zero-order valence-electron chi connectivity index (χ0n) is 9.58. The van der Waals surface area contributed by atoms with Crippen molar-refractivity contribution >= 4 is 15.7 Å². The quantitative estimate of drug-likeness (QED) is 0.785. The van der Waals surface area contributed by atoms with Crippen LogP contribution in [0.15, 0.2) is 23.1 Å². The monoisotopic (exact) mass is 250 g/mol. The Morgan fingerprint density at radius 1 is 1.47 bits per heavy atom. The number of hydrogen-bond donors (Lipinski definition) is 2. The van der Waals surface area contributed by atoms with Gasteiger partial charge in [0.25, 0.3) is 0 Å². The van der Waals surface area contributed by atoms with Crippen LogP contribution in [0.5, 0.6) is 0 Å². The van der Waals surface area contributed by atoms with Crippen LogP contribution in [0.1, 0.15) is 12.5 Å². The van der Waals surface area contributed by atoms with Crippen LogP contribution >= 0.6 is 0 Å². The van der Waals surface area contributed by atoms with Gasteiger partial charge in [0.05, 0.1) is 11.4 Å². The van der Waals surface area contributed by atoms with E-state index >= 15 is 0 Å². The van der Waals surface area contributed by atoms with Crippen molar-refractivity contribution in [3.63, 3.8) is 0 Å². The van der Waals surface area contributed by atoms with Gasteiger partial charge in [-0.2, -0.15) is 4.72 Å². The SMILES string of the molecule is CC#CCNS(=O)(=O)c1ccc2c(c1)NCC2. The van der Waals surface area contributed by atoms with E-state index in [0.29, 0.717) is 0 Å². The number of anilines is 1. The average molecular weight is 250 g/mol. The molecule has 4 nitrogen and oxygen atoms in total. The normalized spacial score (nSPS) is 13.5. The Bertz CT molecular complexity index is 582. The van der Waals surface area contributed by atoms with E-state index in [-0.39, 0.29) is 11.4 Å². The van der Waals surface area contributed by atoms with E-state index in [1.807, 2.05) is 6.07 Å². The molecule has 1 aliphatic rings. The summed E-state index contributed by atoms with van der Waals surface area (Å²) in [7, 11) is -3.45. The summed E-state index contributed by atoms with van der Waals surface area (Å²) < 4.78 is 26.2. The fourth-order valence-electron chi connectivity index (χ4n) is 1.74. The van der Waals surface area contributed by atoms with Gasteiger partial charge in [-0.15, -0.1) is 5.92 Å². The summed E-state index contributed by atoms with van der Waals surface area (Å²) >= 11 is 0. The van der Waals surface area contributed by atoms with Crippen LogP contribution in [-0.2, 0) is 16.4 Å². The minimum absolute atomic E-state index is 0.142. The van der Waals surface area contributed by atoms with Crippen LogP contribution in [0.4, 0.5) is 5.69 Å². The lowest BCUT2D eigenvalue weighted by molar-refractivity contribution is 0.586. The van der Waals surface area contributed by atoms with Gasteiger partial charge in [-0.05, 0) is 31.0 Å². The van der Waals surface area contributed by atoms with Crippen molar-refractivity contribution in [1.82, 2.24) is 4.72 Å². The highest BCUT2D eigenvalue weighted by Crippen LogP contribution is 2.25. The zero-order valence-corrected chi connectivity index (χ0v) is 10.4. The van der Waals surface area contributed by atoms with Crippen LogP contribution in [0, 0.1) is 11.8 Å². The average Bonchev–Trinajstić information content (AvgIpc) is 2.76. The summed E-state index contributed by atoms with van der Waals surface area (Å²) in [6.45, 7) is 2.69. The first-order valence-electron chi connectivity index (χ1n) is 5.39. The zero-order chi connectivity index (χ0) is 12.3. The number of benzene rings is 1. The van der Waals surface area contributed by atoms with E-state index in [1.54, 1.807) is 19.1 Å². The number of hydrogen-bond acceptors (Lipinski definition) is 3. The molecule has 0 saturated heterocycles. The van der Waals surface area contributed by atoms with Crippen molar-refractivity contribution in [3.05, 3.63) is 23.8 Å². The summed E-state index contributed by atoms with van der Waals surface area (Å²) in [6, 6.07) is 5.16. The van der Waals surface area contributed by atoms with Gasteiger partial charge in [-0.3, -0.25) is 0 Å². The van der Waals surface area contributed by atoms with Gasteiger partial charge in [0.1, 0.15) is 0 Å². The Labute approximate surface area is 101 Å². The molecule has 17 heavy (non-hydrogen) atoms. The molecular weight excluding hydrogens is 236 g/mol. The maximum atomic E-state index is 11.9. The summed E-state index contributed by atoms with van der Waals surface area (Å²) in [5.41, 5.74) is 2.08. The van der Waals surface area contributed by atoms with Crippen LogP contribution < -0.4 is 10.0 Å². The molecule has 1 heterocycles. The predicted octanol–water partition coefficient (Wildman–Crippen LogP) is 0.956. The summed E-state index contributed by atoms with van der Waals surface area (Å²) in [5.74, 6) is 5.31. The molecule has 0 radical (unpaired) electrons. The van der Waals surface area contributed by atoms with Crippen molar-refractivity contribution in [3.8, 4) is 11.8 Å². The molecule has 2 rings (SSSR count). The van der Waals surface area contributed by atoms with E-state index in [9.17, 15) is 8.42 Å². The van der Waals surface area contributed by atoms with Gasteiger partial charge in [0.2, 0.25) is 10.0 Å². The molecule has 0 bridgehead atoms. The smallest absolute Gasteiger partial charge is 0.241 e. The van der Waals surface area contributed by atoms with Gasteiger partial charge >= 0.3 is 0 Å². The second kappa shape index (κ2) is 4.78. The third-order valence-corrected chi connectivity index (χ3v) is 4.03. The highest BCUT2D eigenvalue weighted by atomic mass is 32.2. The topological polar surface area (TPSA) is 58.2 Å². The summed E-state index contributed by atoms with van der Waals surface area (Å²) in [4.78, 5) is 0.281. The predicted molar refractivity (Wildman–Crippen MR) is 67.3 cm³/mol. The molecule has 1 aliphatic heterocycles. The lowest BCUT2D eigenvalue weighted by atomic mass is 10.2. The van der Waals surface area contributed by atoms with Crippen molar-refractivity contribution < 1.29 is 8.42 Å². The molecule has 5 heteroatoms. The fraction of sp³-hybridized carbons (Fsp3) is 0.333. The highest BCUT2D eigenvalue weighted by molar-refractivity contribution is 7.89. The lowest BCUT2D eigenvalue weighted by Crippen LogP contribution is -2.24. The Kier molecular flexibility index (Phi) is 3.36. The maximum Gasteiger partial charge on any atom is 0.241 e. The molecule has 2 N–H and O–H groups in total. The number of rotatable bonds is 3. The number of sulfonamides is 1. The first kappa shape index (κ1) is 12.0. The molecule has 0 unspecified atom stereocenters. The van der Waals surface area contributed by atoms with E-state index in [2.05, 4.69) is 21.9 Å². The first-order chi connectivity index (χ1) is 8.13. The molecule has 1 aromatic rings. The van der Waals surface area contributed by atoms with Gasteiger partial charge in [0, 0.05) is 12.2 Å². The van der Waals surface area contributed by atoms with Crippen molar-refractivity contribution in [2.45, 2.75) is 18.2 Å². The molecule has 0 aliphatic carbocycles. The van der Waals surface area contributed by atoms with Crippen LogP contribution in [-0.4, -0.2) is 21.5 Å².